The van der Waals surface area contributed by atoms with Gasteiger partial charge in [-0.1, -0.05) is 12.1 Å². The molecule has 1 spiro atoms. The molecule has 1 aromatic carbocycles. The van der Waals surface area contributed by atoms with Crippen molar-refractivity contribution in [3.8, 4) is 0 Å². The van der Waals surface area contributed by atoms with Crippen molar-refractivity contribution >= 4 is 24.0 Å². The van der Waals surface area contributed by atoms with E-state index in [0.29, 0.717) is 11.3 Å². The zero-order valence-electron chi connectivity index (χ0n) is 12.9. The van der Waals surface area contributed by atoms with Gasteiger partial charge < -0.3 is 10.2 Å². The van der Waals surface area contributed by atoms with E-state index in [1.807, 2.05) is 17.0 Å². The van der Waals surface area contributed by atoms with E-state index >= 15 is 0 Å². The van der Waals surface area contributed by atoms with Gasteiger partial charge in [0.2, 0.25) is 5.91 Å². The first-order valence-corrected chi connectivity index (χ1v) is 7.75. The van der Waals surface area contributed by atoms with Crippen LogP contribution in [0.2, 0.25) is 0 Å². The quantitative estimate of drug-likeness (QED) is 0.930. The van der Waals surface area contributed by atoms with Gasteiger partial charge >= 0.3 is 0 Å². The summed E-state index contributed by atoms with van der Waals surface area (Å²) in [5.74, 6) is 0.588. The standard InChI is InChI=1S/C17H24N2O.ClH/c1-3-19(14-6-4-5-13(2)11-14)16(20)15-12-17(15)7-9-18-10-8-17;/h4-6,11,15,18H,3,7-10,12H2,1-2H3;1H. The Morgan fingerprint density at radius 3 is 2.71 bits per heavy atom. The number of amides is 1. The number of carbonyl (C=O) groups is 1. The van der Waals surface area contributed by atoms with E-state index in [2.05, 4.69) is 31.3 Å². The SMILES string of the molecule is CCN(C(=O)C1CC12CCNCC2)c1cccc(C)c1.Cl. The molecule has 1 aliphatic carbocycles. The molecule has 1 aliphatic heterocycles. The largest absolute Gasteiger partial charge is 0.317 e. The fourth-order valence-corrected chi connectivity index (χ4v) is 3.62. The lowest BCUT2D eigenvalue weighted by Gasteiger charge is -2.26. The topological polar surface area (TPSA) is 32.3 Å². The van der Waals surface area contributed by atoms with E-state index in [0.717, 1.165) is 44.6 Å². The molecule has 1 unspecified atom stereocenters. The Hall–Kier alpha value is -1.06. The second kappa shape index (κ2) is 6.37. The third kappa shape index (κ3) is 3.09. The Morgan fingerprint density at radius 2 is 2.10 bits per heavy atom. The van der Waals surface area contributed by atoms with Crippen LogP contribution in [0.1, 0.15) is 31.7 Å². The lowest BCUT2D eigenvalue weighted by Crippen LogP contribution is -2.36. The summed E-state index contributed by atoms with van der Waals surface area (Å²) in [6, 6.07) is 8.27. The number of carbonyl (C=O) groups excluding carboxylic acids is 1. The first-order chi connectivity index (χ1) is 9.66. The minimum absolute atomic E-state index is 0. The fourth-order valence-electron chi connectivity index (χ4n) is 3.62. The molecule has 3 nitrogen and oxygen atoms in total. The maximum atomic E-state index is 12.8. The van der Waals surface area contributed by atoms with Crippen molar-refractivity contribution in [3.05, 3.63) is 29.8 Å². The number of aryl methyl sites for hydroxylation is 1. The van der Waals surface area contributed by atoms with Gasteiger partial charge in [-0.15, -0.1) is 12.4 Å². The predicted molar refractivity (Wildman–Crippen MR) is 89.1 cm³/mol. The Kier molecular flexibility index (Phi) is 4.95. The number of anilines is 1. The minimum atomic E-state index is 0. The van der Waals surface area contributed by atoms with Crippen molar-refractivity contribution < 1.29 is 4.79 Å². The Morgan fingerprint density at radius 1 is 1.38 bits per heavy atom. The van der Waals surface area contributed by atoms with Crippen molar-refractivity contribution in [2.45, 2.75) is 33.1 Å². The maximum Gasteiger partial charge on any atom is 0.230 e. The molecule has 0 bridgehead atoms. The lowest BCUT2D eigenvalue weighted by molar-refractivity contribution is -0.120. The van der Waals surface area contributed by atoms with Crippen molar-refractivity contribution in [1.82, 2.24) is 5.32 Å². The first kappa shape index (κ1) is 16.3. The lowest BCUT2D eigenvalue weighted by atomic mass is 9.91. The van der Waals surface area contributed by atoms with Gasteiger partial charge in [-0.25, -0.2) is 0 Å². The second-order valence-corrected chi connectivity index (χ2v) is 6.29. The van der Waals surface area contributed by atoms with Gasteiger partial charge in [0.1, 0.15) is 0 Å². The van der Waals surface area contributed by atoms with Crippen LogP contribution in [0.5, 0.6) is 0 Å². The highest BCUT2D eigenvalue weighted by atomic mass is 35.5. The number of piperidine rings is 1. The molecule has 1 N–H and O–H groups in total. The van der Waals surface area contributed by atoms with Crippen molar-refractivity contribution in [2.24, 2.45) is 11.3 Å². The number of hydrogen-bond acceptors (Lipinski definition) is 2. The summed E-state index contributed by atoms with van der Waals surface area (Å²) in [6.07, 6.45) is 3.42. The van der Waals surface area contributed by atoms with Crippen LogP contribution in [0.15, 0.2) is 24.3 Å². The highest BCUT2D eigenvalue weighted by Gasteiger charge is 2.58. The molecule has 2 fully saturated rings. The van der Waals surface area contributed by atoms with Gasteiger partial charge in [0, 0.05) is 18.2 Å². The highest BCUT2D eigenvalue weighted by molar-refractivity contribution is 5.97. The number of benzene rings is 1. The fraction of sp³-hybridized carbons (Fsp3) is 0.588. The van der Waals surface area contributed by atoms with Gasteiger partial charge in [0.15, 0.2) is 0 Å². The monoisotopic (exact) mass is 308 g/mol. The molecule has 2 aliphatic rings. The predicted octanol–water partition coefficient (Wildman–Crippen LogP) is 3.16. The molecule has 1 heterocycles. The van der Waals surface area contributed by atoms with E-state index in [1.54, 1.807) is 0 Å². The summed E-state index contributed by atoms with van der Waals surface area (Å²) < 4.78 is 0. The molecule has 1 atom stereocenters. The van der Waals surface area contributed by atoms with Crippen LogP contribution in [0.25, 0.3) is 0 Å². The summed E-state index contributed by atoms with van der Waals surface area (Å²) in [4.78, 5) is 14.8. The first-order valence-electron chi connectivity index (χ1n) is 7.75. The Bertz CT molecular complexity index is 511. The smallest absolute Gasteiger partial charge is 0.230 e. The van der Waals surface area contributed by atoms with Gasteiger partial charge in [-0.05, 0) is 69.3 Å². The molecule has 0 radical (unpaired) electrons. The molecule has 0 aromatic heterocycles. The molecule has 1 aromatic rings. The summed E-state index contributed by atoms with van der Waals surface area (Å²) in [7, 11) is 0. The van der Waals surface area contributed by atoms with Crippen molar-refractivity contribution in [1.29, 1.82) is 0 Å². The summed E-state index contributed by atoms with van der Waals surface area (Å²) in [5.41, 5.74) is 2.58. The van der Waals surface area contributed by atoms with Crippen LogP contribution in [-0.4, -0.2) is 25.5 Å². The van der Waals surface area contributed by atoms with Crippen molar-refractivity contribution in [2.75, 3.05) is 24.5 Å². The van der Waals surface area contributed by atoms with E-state index in [9.17, 15) is 4.79 Å². The van der Waals surface area contributed by atoms with Crippen LogP contribution in [0, 0.1) is 18.3 Å². The normalized spacial score (nSPS) is 22.5. The van der Waals surface area contributed by atoms with Crippen LogP contribution in [0.4, 0.5) is 5.69 Å². The molecule has 1 amide bonds. The van der Waals surface area contributed by atoms with Gasteiger partial charge in [0.25, 0.3) is 0 Å². The molecule has 1 saturated carbocycles. The van der Waals surface area contributed by atoms with E-state index in [1.165, 1.54) is 5.56 Å². The molecule has 21 heavy (non-hydrogen) atoms. The van der Waals surface area contributed by atoms with E-state index in [-0.39, 0.29) is 18.3 Å². The van der Waals surface area contributed by atoms with Crippen LogP contribution >= 0.6 is 12.4 Å². The second-order valence-electron chi connectivity index (χ2n) is 6.29. The van der Waals surface area contributed by atoms with E-state index < -0.39 is 0 Å². The Labute approximate surface area is 133 Å². The molecule has 1 saturated heterocycles. The van der Waals surface area contributed by atoms with Crippen molar-refractivity contribution in [3.63, 3.8) is 0 Å². The molecular formula is C17H25ClN2O. The van der Waals surface area contributed by atoms with E-state index in [4.69, 9.17) is 0 Å². The third-order valence-corrected chi connectivity index (χ3v) is 4.98. The molecule has 116 valence electrons. The average molecular weight is 309 g/mol. The zero-order chi connectivity index (χ0) is 14.2. The number of rotatable bonds is 3. The van der Waals surface area contributed by atoms with Crippen LogP contribution < -0.4 is 10.2 Å². The van der Waals surface area contributed by atoms with Crippen LogP contribution in [0.3, 0.4) is 0 Å². The van der Waals surface area contributed by atoms with Crippen LogP contribution in [-0.2, 0) is 4.79 Å². The number of halogens is 1. The number of nitrogens with zero attached hydrogens (tertiary/aromatic N) is 1. The molecule has 4 heteroatoms. The number of nitrogens with one attached hydrogen (secondary N) is 1. The molecular weight excluding hydrogens is 284 g/mol. The Balaban J connectivity index is 0.00000161. The zero-order valence-corrected chi connectivity index (χ0v) is 13.7. The summed E-state index contributed by atoms with van der Waals surface area (Å²) in [6.45, 7) is 7.04. The summed E-state index contributed by atoms with van der Waals surface area (Å²) >= 11 is 0. The molecule has 3 rings (SSSR count). The average Bonchev–Trinajstić information content (AvgIpc) is 3.14. The highest BCUT2D eigenvalue weighted by Crippen LogP contribution is 2.59. The van der Waals surface area contributed by atoms with Gasteiger partial charge in [-0.3, -0.25) is 4.79 Å². The third-order valence-electron chi connectivity index (χ3n) is 4.98. The van der Waals surface area contributed by atoms with Gasteiger partial charge in [0.05, 0.1) is 0 Å². The maximum absolute atomic E-state index is 12.8. The van der Waals surface area contributed by atoms with Gasteiger partial charge in [-0.2, -0.15) is 0 Å². The number of hydrogen-bond donors (Lipinski definition) is 1. The summed E-state index contributed by atoms with van der Waals surface area (Å²) in [5, 5.41) is 3.40. The minimum Gasteiger partial charge on any atom is -0.317 e.